The third-order valence-corrected chi connectivity index (χ3v) is 8.58. The molecule has 0 radical (unpaired) electrons. The van der Waals surface area contributed by atoms with Gasteiger partial charge in [0.1, 0.15) is 5.75 Å². The van der Waals surface area contributed by atoms with Gasteiger partial charge in [0.25, 0.3) is 5.56 Å². The van der Waals surface area contributed by atoms with Gasteiger partial charge in [0.15, 0.2) is 0 Å². The van der Waals surface area contributed by atoms with Crippen molar-refractivity contribution < 1.29 is 23.1 Å². The van der Waals surface area contributed by atoms with Gasteiger partial charge in [0.2, 0.25) is 15.9 Å². The van der Waals surface area contributed by atoms with E-state index in [1.165, 1.54) is 4.31 Å². The van der Waals surface area contributed by atoms with Gasteiger partial charge in [-0.1, -0.05) is 12.1 Å². The number of hydrogen-bond donors (Lipinski definition) is 2. The van der Waals surface area contributed by atoms with E-state index in [4.69, 9.17) is 4.74 Å². The first-order valence-corrected chi connectivity index (χ1v) is 13.3. The van der Waals surface area contributed by atoms with E-state index in [-0.39, 0.29) is 24.6 Å². The lowest BCUT2D eigenvalue weighted by Crippen LogP contribution is -2.48. The number of hydrogen-bond acceptors (Lipinski definition) is 6. The van der Waals surface area contributed by atoms with Gasteiger partial charge in [-0.2, -0.15) is 4.31 Å². The number of amides is 1. The van der Waals surface area contributed by atoms with Crippen LogP contribution in [0.3, 0.4) is 0 Å². The minimum atomic E-state index is -3.71. The topological polar surface area (TPSA) is 118 Å². The van der Waals surface area contributed by atoms with E-state index in [2.05, 4.69) is 5.32 Å². The summed E-state index contributed by atoms with van der Waals surface area (Å²) in [4.78, 5) is 26.8. The first-order valence-electron chi connectivity index (χ1n) is 11.5. The first-order chi connectivity index (χ1) is 16.2. The summed E-state index contributed by atoms with van der Waals surface area (Å²) in [7, 11) is -2.15. The molecule has 9 nitrogen and oxygen atoms in total. The number of aliphatic hydroxyl groups is 1. The monoisotopic (exact) mass is 487 g/mol. The van der Waals surface area contributed by atoms with Gasteiger partial charge in [-0.25, -0.2) is 8.42 Å². The van der Waals surface area contributed by atoms with Crippen LogP contribution in [-0.2, 0) is 21.4 Å². The van der Waals surface area contributed by atoms with Gasteiger partial charge in [-0.05, 0) is 48.6 Å². The predicted molar refractivity (Wildman–Crippen MR) is 126 cm³/mol. The van der Waals surface area contributed by atoms with Gasteiger partial charge in [-0.15, -0.1) is 0 Å². The van der Waals surface area contributed by atoms with Crippen LogP contribution in [0.4, 0.5) is 0 Å². The zero-order valence-electron chi connectivity index (χ0n) is 19.2. The zero-order chi connectivity index (χ0) is 24.2. The number of pyridine rings is 1. The van der Waals surface area contributed by atoms with Crippen LogP contribution in [0.1, 0.15) is 24.6 Å². The molecule has 3 aliphatic rings. The molecule has 1 saturated carbocycles. The maximum absolute atomic E-state index is 13.6. The quantitative estimate of drug-likeness (QED) is 0.601. The summed E-state index contributed by atoms with van der Waals surface area (Å²) in [5.74, 6) is -0.581. The van der Waals surface area contributed by atoms with Crippen molar-refractivity contribution in [2.45, 2.75) is 31.5 Å². The summed E-state index contributed by atoms with van der Waals surface area (Å²) in [5, 5.41) is 13.2. The number of carbonyl (C=O) groups excluding carboxylic acids is 1. The molecule has 0 unspecified atom stereocenters. The fourth-order valence-corrected chi connectivity index (χ4v) is 6.87. The number of aliphatic hydroxyl groups excluding tert-OH is 1. The molecule has 2 aliphatic heterocycles. The maximum atomic E-state index is 13.6. The second-order valence-electron chi connectivity index (χ2n) is 9.49. The van der Waals surface area contributed by atoms with Crippen LogP contribution in [0.15, 0.2) is 41.2 Å². The van der Waals surface area contributed by atoms with Crippen molar-refractivity contribution >= 4 is 15.9 Å². The summed E-state index contributed by atoms with van der Waals surface area (Å²) in [5.41, 5.74) is 1.37. The van der Waals surface area contributed by atoms with Crippen molar-refractivity contribution in [1.82, 2.24) is 14.2 Å². The van der Waals surface area contributed by atoms with E-state index >= 15 is 0 Å². The SMILES string of the molecule is COc1cccc(-c2ccc3n(c2=O)C[C@@H]2[C@@H](CO)[C@H](C(=O)NCC4CC4)[C@H]3N2S(C)(=O)=O)c1. The number of benzene rings is 1. The highest BCUT2D eigenvalue weighted by Gasteiger charge is 2.58. The van der Waals surface area contributed by atoms with Crippen molar-refractivity contribution in [1.29, 1.82) is 0 Å². The lowest BCUT2D eigenvalue weighted by atomic mass is 9.86. The molecule has 1 amide bonds. The number of sulfonamides is 1. The predicted octanol–water partition coefficient (Wildman–Crippen LogP) is 0.973. The van der Waals surface area contributed by atoms with E-state index in [1.807, 2.05) is 6.07 Å². The number of aromatic nitrogens is 1. The molecule has 0 spiro atoms. The Hall–Kier alpha value is -2.69. The summed E-state index contributed by atoms with van der Waals surface area (Å²) >= 11 is 0. The van der Waals surface area contributed by atoms with Crippen LogP contribution in [0, 0.1) is 17.8 Å². The fourth-order valence-electron chi connectivity index (χ4n) is 5.50. The van der Waals surface area contributed by atoms with Gasteiger partial charge < -0.3 is 19.7 Å². The summed E-state index contributed by atoms with van der Waals surface area (Å²) in [6.45, 7) is 0.276. The lowest BCUT2D eigenvalue weighted by molar-refractivity contribution is -0.127. The zero-order valence-corrected chi connectivity index (χ0v) is 20.0. The Labute approximate surface area is 198 Å². The Bertz CT molecular complexity index is 1290. The Kier molecular flexibility index (Phi) is 5.78. The number of carbonyl (C=O) groups is 1. The molecule has 34 heavy (non-hydrogen) atoms. The van der Waals surface area contributed by atoms with Crippen LogP contribution >= 0.6 is 0 Å². The number of fused-ring (bicyclic) bond motifs is 4. The molecule has 1 aromatic carbocycles. The van der Waals surface area contributed by atoms with Crippen molar-refractivity contribution in [2.24, 2.45) is 17.8 Å². The highest BCUT2D eigenvalue weighted by Crippen LogP contribution is 2.49. The van der Waals surface area contributed by atoms with E-state index < -0.39 is 33.9 Å². The van der Waals surface area contributed by atoms with Crippen LogP contribution in [-0.4, -0.2) is 60.9 Å². The van der Waals surface area contributed by atoms with Gasteiger partial charge in [-0.3, -0.25) is 9.59 Å². The van der Waals surface area contributed by atoms with Crippen LogP contribution in [0.25, 0.3) is 11.1 Å². The molecular weight excluding hydrogens is 458 g/mol. The number of nitrogens with zero attached hydrogens (tertiary/aromatic N) is 2. The molecule has 1 aromatic heterocycles. The van der Waals surface area contributed by atoms with Gasteiger partial charge in [0, 0.05) is 42.9 Å². The lowest BCUT2D eigenvalue weighted by Gasteiger charge is -2.36. The molecule has 2 aromatic rings. The third kappa shape index (κ3) is 3.83. The van der Waals surface area contributed by atoms with E-state index in [0.29, 0.717) is 35.0 Å². The minimum absolute atomic E-state index is 0.0766. The number of methoxy groups -OCH3 is 1. The standard InChI is InChI=1S/C24H29N3O6S/c1-33-16-5-3-4-15(10-16)17-8-9-19-22-21(23(29)25-11-14-6-7-14)18(13-28)20(12-26(19)24(17)30)27(22)34(2,31)32/h3-5,8-10,14,18,20-22,28H,6-7,11-13H2,1-2H3,(H,25,29)/t18-,20-,21+,22+/m1/s1. The summed E-state index contributed by atoms with van der Waals surface area (Å²) in [6, 6.07) is 9.05. The molecule has 1 aliphatic carbocycles. The minimum Gasteiger partial charge on any atom is -0.497 e. The van der Waals surface area contributed by atoms with E-state index in [1.54, 1.807) is 42.0 Å². The third-order valence-electron chi connectivity index (χ3n) is 7.32. The fraction of sp³-hybridized carbons (Fsp3) is 0.500. The van der Waals surface area contributed by atoms with Crippen molar-refractivity contribution in [3.63, 3.8) is 0 Å². The number of nitrogens with one attached hydrogen (secondary N) is 1. The number of rotatable bonds is 7. The molecule has 2 fully saturated rings. The Morgan fingerprint density at radius 3 is 2.65 bits per heavy atom. The molecule has 2 bridgehead atoms. The molecule has 2 N–H and O–H groups in total. The molecule has 10 heteroatoms. The van der Waals surface area contributed by atoms with Crippen molar-refractivity contribution in [3.8, 4) is 16.9 Å². The second kappa shape index (κ2) is 8.51. The van der Waals surface area contributed by atoms with Crippen molar-refractivity contribution in [3.05, 3.63) is 52.4 Å². The highest BCUT2D eigenvalue weighted by atomic mass is 32.2. The average Bonchev–Trinajstić information content (AvgIpc) is 3.60. The van der Waals surface area contributed by atoms with Gasteiger partial charge in [0.05, 0.1) is 25.3 Å². The largest absolute Gasteiger partial charge is 0.497 e. The highest BCUT2D eigenvalue weighted by molar-refractivity contribution is 7.88. The molecule has 1 saturated heterocycles. The summed E-state index contributed by atoms with van der Waals surface area (Å²) < 4.78 is 33.8. The maximum Gasteiger partial charge on any atom is 0.258 e. The van der Waals surface area contributed by atoms with Crippen LogP contribution < -0.4 is 15.6 Å². The molecular formula is C24H29N3O6S. The van der Waals surface area contributed by atoms with Crippen molar-refractivity contribution in [2.75, 3.05) is 26.5 Å². The van der Waals surface area contributed by atoms with Crippen LogP contribution in [0.2, 0.25) is 0 Å². The van der Waals surface area contributed by atoms with Crippen LogP contribution in [0.5, 0.6) is 5.75 Å². The van der Waals surface area contributed by atoms with E-state index in [0.717, 1.165) is 19.1 Å². The summed E-state index contributed by atoms with van der Waals surface area (Å²) in [6.07, 6.45) is 3.26. The Balaban J connectivity index is 1.61. The molecule has 5 rings (SSSR count). The molecule has 4 atom stereocenters. The molecule has 3 heterocycles. The second-order valence-corrected chi connectivity index (χ2v) is 11.4. The Morgan fingerprint density at radius 2 is 2.00 bits per heavy atom. The normalized spacial score (nSPS) is 26.2. The first kappa shape index (κ1) is 23.1. The smallest absolute Gasteiger partial charge is 0.258 e. The molecule has 182 valence electrons. The van der Waals surface area contributed by atoms with E-state index in [9.17, 15) is 23.1 Å². The average molecular weight is 488 g/mol. The number of ether oxygens (including phenoxy) is 1. The Morgan fingerprint density at radius 1 is 1.24 bits per heavy atom. The van der Waals surface area contributed by atoms with Gasteiger partial charge >= 0.3 is 0 Å².